The van der Waals surface area contributed by atoms with Gasteiger partial charge in [-0.05, 0) is 35.6 Å². The van der Waals surface area contributed by atoms with Gasteiger partial charge in [-0.25, -0.2) is 4.39 Å². The minimum atomic E-state index is -0.775. The van der Waals surface area contributed by atoms with E-state index in [0.29, 0.717) is 18.8 Å². The standard InChI is InChI=1S/C25H29FN2O4S/c1-3-10-27(15-20(29)17-31-12-4-2)16-25(30)28-11-8-24-22(9-13-33-24)23(28)18-32-21-7-5-6-19(26)14-21/h2-3,5-7,9,13-14,20,23,29H,1,8,10-12,15-18H2. The zero-order valence-corrected chi connectivity index (χ0v) is 19.3. The molecule has 1 aromatic carbocycles. The summed E-state index contributed by atoms with van der Waals surface area (Å²) in [5.41, 5.74) is 1.06. The molecule has 0 radical (unpaired) electrons. The van der Waals surface area contributed by atoms with Crippen LogP contribution in [0.1, 0.15) is 16.5 Å². The topological polar surface area (TPSA) is 62.2 Å². The van der Waals surface area contributed by atoms with Crippen LogP contribution in [0.4, 0.5) is 4.39 Å². The number of nitrogens with zero attached hydrogens (tertiary/aromatic N) is 2. The molecular formula is C25H29FN2O4S. The summed E-state index contributed by atoms with van der Waals surface area (Å²) >= 11 is 1.67. The van der Waals surface area contributed by atoms with Crippen molar-refractivity contribution >= 4 is 17.2 Å². The van der Waals surface area contributed by atoms with E-state index in [0.717, 1.165) is 12.0 Å². The van der Waals surface area contributed by atoms with Gasteiger partial charge in [-0.1, -0.05) is 18.1 Å². The first-order chi connectivity index (χ1) is 16.0. The van der Waals surface area contributed by atoms with E-state index in [1.807, 2.05) is 21.2 Å². The number of carbonyl (C=O) groups is 1. The molecule has 2 atom stereocenters. The number of aliphatic hydroxyl groups is 1. The summed E-state index contributed by atoms with van der Waals surface area (Å²) in [5, 5.41) is 12.3. The van der Waals surface area contributed by atoms with Crippen molar-refractivity contribution in [2.75, 3.05) is 46.0 Å². The fourth-order valence-corrected chi connectivity index (χ4v) is 4.81. The third-order valence-corrected chi connectivity index (χ3v) is 6.33. The van der Waals surface area contributed by atoms with Gasteiger partial charge < -0.3 is 19.5 Å². The van der Waals surface area contributed by atoms with Crippen molar-refractivity contribution in [3.63, 3.8) is 0 Å². The number of hydrogen-bond acceptors (Lipinski definition) is 6. The number of halogens is 1. The molecule has 1 N–H and O–H groups in total. The summed E-state index contributed by atoms with van der Waals surface area (Å²) in [5.74, 6) is 2.34. The predicted octanol–water partition coefficient (Wildman–Crippen LogP) is 2.89. The number of amides is 1. The van der Waals surface area contributed by atoms with Crippen LogP contribution in [0.3, 0.4) is 0 Å². The van der Waals surface area contributed by atoms with Crippen molar-refractivity contribution in [1.29, 1.82) is 0 Å². The lowest BCUT2D eigenvalue weighted by Gasteiger charge is -2.37. The third-order valence-electron chi connectivity index (χ3n) is 5.33. The second-order valence-electron chi connectivity index (χ2n) is 7.78. The summed E-state index contributed by atoms with van der Waals surface area (Å²) < 4.78 is 24.6. The smallest absolute Gasteiger partial charge is 0.237 e. The van der Waals surface area contributed by atoms with Crippen LogP contribution in [-0.4, -0.2) is 72.9 Å². The summed E-state index contributed by atoms with van der Waals surface area (Å²) in [6.07, 6.45) is 6.86. The van der Waals surface area contributed by atoms with Gasteiger partial charge in [0.05, 0.1) is 25.3 Å². The lowest BCUT2D eigenvalue weighted by Crippen LogP contribution is -2.48. The lowest BCUT2D eigenvalue weighted by atomic mass is 10.0. The van der Waals surface area contributed by atoms with Crippen LogP contribution in [-0.2, 0) is 16.0 Å². The van der Waals surface area contributed by atoms with Gasteiger partial charge in [0.2, 0.25) is 5.91 Å². The van der Waals surface area contributed by atoms with Crippen LogP contribution < -0.4 is 4.74 Å². The Balaban J connectivity index is 1.68. The highest BCUT2D eigenvalue weighted by Gasteiger charge is 2.33. The Kier molecular flexibility index (Phi) is 9.46. The van der Waals surface area contributed by atoms with Crippen molar-refractivity contribution < 1.29 is 23.8 Å². The van der Waals surface area contributed by atoms with Crippen LogP contribution in [0.5, 0.6) is 5.75 Å². The number of ether oxygens (including phenoxy) is 2. The lowest BCUT2D eigenvalue weighted by molar-refractivity contribution is -0.136. The normalized spacial score (nSPS) is 16.2. The minimum Gasteiger partial charge on any atom is -0.491 e. The first-order valence-corrected chi connectivity index (χ1v) is 11.7. The molecule has 2 heterocycles. The molecule has 1 aliphatic heterocycles. The quantitative estimate of drug-likeness (QED) is 0.292. The highest BCUT2D eigenvalue weighted by Crippen LogP contribution is 2.34. The maximum atomic E-state index is 13.5. The third kappa shape index (κ3) is 7.14. The van der Waals surface area contributed by atoms with E-state index in [1.165, 1.54) is 17.0 Å². The van der Waals surface area contributed by atoms with Gasteiger partial charge in [-0.2, -0.15) is 0 Å². The fraction of sp³-hybridized carbons (Fsp3) is 0.400. The molecule has 1 aromatic heterocycles. The number of fused-ring (bicyclic) bond motifs is 1. The molecule has 2 unspecified atom stereocenters. The first-order valence-electron chi connectivity index (χ1n) is 10.8. The molecule has 0 aliphatic carbocycles. The van der Waals surface area contributed by atoms with Gasteiger partial charge in [0.1, 0.15) is 24.8 Å². The predicted molar refractivity (Wildman–Crippen MR) is 127 cm³/mol. The molecule has 0 spiro atoms. The second-order valence-corrected chi connectivity index (χ2v) is 8.78. The minimum absolute atomic E-state index is 0.0710. The molecule has 0 fully saturated rings. The van der Waals surface area contributed by atoms with E-state index in [4.69, 9.17) is 15.9 Å². The number of thiophene rings is 1. The largest absolute Gasteiger partial charge is 0.491 e. The highest BCUT2D eigenvalue weighted by molar-refractivity contribution is 7.10. The highest BCUT2D eigenvalue weighted by atomic mass is 32.1. The first kappa shape index (κ1) is 24.9. The maximum Gasteiger partial charge on any atom is 0.237 e. The molecule has 176 valence electrons. The van der Waals surface area contributed by atoms with Gasteiger partial charge >= 0.3 is 0 Å². The number of carbonyl (C=O) groups excluding carboxylic acids is 1. The molecule has 0 saturated carbocycles. The molecule has 0 saturated heterocycles. The van der Waals surface area contributed by atoms with Gasteiger partial charge in [0, 0.05) is 30.6 Å². The number of terminal acetylenes is 1. The molecule has 2 aromatic rings. The van der Waals surface area contributed by atoms with Crippen LogP contribution in [0, 0.1) is 18.2 Å². The Morgan fingerprint density at radius 3 is 3.09 bits per heavy atom. The molecule has 1 aliphatic rings. The SMILES string of the molecule is C#CCOCC(O)CN(CC=C)CC(=O)N1CCc2sccc2C1COc1cccc(F)c1. The Bertz CT molecular complexity index is 973. The van der Waals surface area contributed by atoms with E-state index < -0.39 is 6.10 Å². The zero-order valence-electron chi connectivity index (χ0n) is 18.5. The Hall–Kier alpha value is -2.70. The molecule has 6 nitrogen and oxygen atoms in total. The number of hydrogen-bond donors (Lipinski definition) is 1. The van der Waals surface area contributed by atoms with E-state index in [1.54, 1.807) is 29.5 Å². The van der Waals surface area contributed by atoms with E-state index >= 15 is 0 Å². The van der Waals surface area contributed by atoms with Crippen molar-refractivity contribution in [2.24, 2.45) is 0 Å². The van der Waals surface area contributed by atoms with E-state index in [9.17, 15) is 14.3 Å². The van der Waals surface area contributed by atoms with Gasteiger partial charge in [-0.15, -0.1) is 24.3 Å². The molecule has 0 bridgehead atoms. The molecule has 33 heavy (non-hydrogen) atoms. The van der Waals surface area contributed by atoms with Crippen molar-refractivity contribution in [3.8, 4) is 18.1 Å². The Morgan fingerprint density at radius 1 is 1.48 bits per heavy atom. The molecule has 1 amide bonds. The summed E-state index contributed by atoms with van der Waals surface area (Å²) in [4.78, 5) is 18.2. The van der Waals surface area contributed by atoms with Crippen LogP contribution >= 0.6 is 11.3 Å². The Labute approximate surface area is 198 Å². The summed E-state index contributed by atoms with van der Waals surface area (Å²) in [6.45, 7) is 5.59. The monoisotopic (exact) mass is 472 g/mol. The van der Waals surface area contributed by atoms with Crippen LogP contribution in [0.25, 0.3) is 0 Å². The summed E-state index contributed by atoms with van der Waals surface area (Å²) in [7, 11) is 0. The number of rotatable bonds is 12. The van der Waals surface area contributed by atoms with E-state index in [2.05, 4.69) is 12.5 Å². The molecule has 3 rings (SSSR count). The number of aliphatic hydroxyl groups excluding tert-OH is 1. The Morgan fingerprint density at radius 2 is 2.33 bits per heavy atom. The molecular weight excluding hydrogens is 443 g/mol. The summed E-state index contributed by atoms with van der Waals surface area (Å²) in [6, 6.07) is 7.73. The second kappa shape index (κ2) is 12.5. The fourth-order valence-electron chi connectivity index (χ4n) is 3.88. The maximum absolute atomic E-state index is 13.5. The van der Waals surface area contributed by atoms with Crippen molar-refractivity contribution in [1.82, 2.24) is 9.80 Å². The van der Waals surface area contributed by atoms with Gasteiger partial charge in [-0.3, -0.25) is 9.69 Å². The average Bonchev–Trinajstić information content (AvgIpc) is 3.27. The number of benzene rings is 1. The molecule has 8 heteroatoms. The van der Waals surface area contributed by atoms with Gasteiger partial charge in [0.25, 0.3) is 0 Å². The zero-order chi connectivity index (χ0) is 23.6. The average molecular weight is 473 g/mol. The van der Waals surface area contributed by atoms with Crippen molar-refractivity contribution in [2.45, 2.75) is 18.6 Å². The van der Waals surface area contributed by atoms with Gasteiger partial charge in [0.15, 0.2) is 0 Å². The van der Waals surface area contributed by atoms with Crippen LogP contribution in [0.2, 0.25) is 0 Å². The van der Waals surface area contributed by atoms with E-state index in [-0.39, 0.29) is 50.7 Å². The van der Waals surface area contributed by atoms with Crippen LogP contribution in [0.15, 0.2) is 48.4 Å². The van der Waals surface area contributed by atoms with Crippen molar-refractivity contribution in [3.05, 3.63) is 64.6 Å².